The SMILES string of the molecule is Cc1ccc(C(=O)NNC(=O)[C@H](C)Sc2ccc([N+](=O)[O-])cc2)c(C)c1. The van der Waals surface area contributed by atoms with Crippen LogP contribution in [0.4, 0.5) is 5.69 Å². The molecule has 2 amide bonds. The van der Waals surface area contributed by atoms with Crippen LogP contribution in [0.1, 0.15) is 28.4 Å². The molecule has 26 heavy (non-hydrogen) atoms. The lowest BCUT2D eigenvalue weighted by Crippen LogP contribution is -2.45. The van der Waals surface area contributed by atoms with Gasteiger partial charge in [0.15, 0.2) is 0 Å². The molecular formula is C18H19N3O4S. The number of hydrazine groups is 1. The highest BCUT2D eigenvalue weighted by atomic mass is 32.2. The maximum atomic E-state index is 12.2. The lowest BCUT2D eigenvalue weighted by Gasteiger charge is -2.13. The van der Waals surface area contributed by atoms with E-state index < -0.39 is 10.2 Å². The average Bonchev–Trinajstić information content (AvgIpc) is 2.59. The van der Waals surface area contributed by atoms with Crippen molar-refractivity contribution in [2.24, 2.45) is 0 Å². The maximum absolute atomic E-state index is 12.2. The molecule has 0 aromatic heterocycles. The van der Waals surface area contributed by atoms with Crippen LogP contribution in [0, 0.1) is 24.0 Å². The van der Waals surface area contributed by atoms with Crippen LogP contribution in [-0.2, 0) is 4.79 Å². The molecule has 2 N–H and O–H groups in total. The highest BCUT2D eigenvalue weighted by molar-refractivity contribution is 8.00. The first kappa shape index (κ1) is 19.5. The Labute approximate surface area is 155 Å². The quantitative estimate of drug-likeness (QED) is 0.476. The summed E-state index contributed by atoms with van der Waals surface area (Å²) in [5, 5.41) is 10.2. The summed E-state index contributed by atoms with van der Waals surface area (Å²) in [4.78, 5) is 35.2. The molecule has 2 rings (SSSR count). The van der Waals surface area contributed by atoms with Crippen LogP contribution < -0.4 is 10.9 Å². The third-order valence-electron chi connectivity index (χ3n) is 3.66. The molecule has 2 aromatic carbocycles. The number of nitro groups is 1. The molecule has 0 bridgehead atoms. The predicted molar refractivity (Wildman–Crippen MR) is 99.9 cm³/mol. The molecule has 0 aliphatic rings. The fourth-order valence-corrected chi connectivity index (χ4v) is 3.13. The zero-order chi connectivity index (χ0) is 19.3. The van der Waals surface area contributed by atoms with E-state index in [1.54, 1.807) is 25.1 Å². The van der Waals surface area contributed by atoms with Gasteiger partial charge in [-0.2, -0.15) is 0 Å². The number of amides is 2. The number of carbonyl (C=O) groups excluding carboxylic acids is 2. The maximum Gasteiger partial charge on any atom is 0.269 e. The lowest BCUT2D eigenvalue weighted by atomic mass is 10.1. The number of thioether (sulfide) groups is 1. The van der Waals surface area contributed by atoms with Crippen molar-refractivity contribution in [3.63, 3.8) is 0 Å². The molecule has 7 nitrogen and oxygen atoms in total. The average molecular weight is 373 g/mol. The van der Waals surface area contributed by atoms with Gasteiger partial charge in [0.05, 0.1) is 10.2 Å². The minimum atomic E-state index is -0.490. The normalized spacial score (nSPS) is 11.5. The molecule has 8 heteroatoms. The highest BCUT2D eigenvalue weighted by Crippen LogP contribution is 2.25. The summed E-state index contributed by atoms with van der Waals surface area (Å²) in [6.45, 7) is 5.45. The molecule has 0 aliphatic heterocycles. The number of nitrogens with zero attached hydrogens (tertiary/aromatic N) is 1. The van der Waals surface area contributed by atoms with E-state index >= 15 is 0 Å². The first-order valence-electron chi connectivity index (χ1n) is 7.86. The molecule has 0 saturated carbocycles. The van der Waals surface area contributed by atoms with Crippen LogP contribution in [0.15, 0.2) is 47.4 Å². The first-order valence-corrected chi connectivity index (χ1v) is 8.74. The third-order valence-corrected chi connectivity index (χ3v) is 4.77. The number of carbonyl (C=O) groups is 2. The molecule has 0 aliphatic carbocycles. The molecule has 136 valence electrons. The van der Waals surface area contributed by atoms with Gasteiger partial charge in [0.2, 0.25) is 0 Å². The first-order chi connectivity index (χ1) is 12.3. The van der Waals surface area contributed by atoms with Crippen molar-refractivity contribution in [2.75, 3.05) is 0 Å². The van der Waals surface area contributed by atoms with Gasteiger partial charge in [0, 0.05) is 22.6 Å². The zero-order valence-corrected chi connectivity index (χ0v) is 15.4. The van der Waals surface area contributed by atoms with Crippen LogP contribution in [0.25, 0.3) is 0 Å². The van der Waals surface area contributed by atoms with Gasteiger partial charge in [-0.15, -0.1) is 11.8 Å². The Balaban J connectivity index is 1.90. The molecule has 2 aromatic rings. The largest absolute Gasteiger partial charge is 0.272 e. The molecule has 0 saturated heterocycles. The molecule has 0 fully saturated rings. The van der Waals surface area contributed by atoms with E-state index in [0.29, 0.717) is 5.56 Å². The predicted octanol–water partition coefficient (Wildman–Crippen LogP) is 3.15. The summed E-state index contributed by atoms with van der Waals surface area (Å²) in [5.41, 5.74) is 7.17. The molecule has 0 unspecified atom stereocenters. The Morgan fingerprint density at radius 1 is 1.08 bits per heavy atom. The number of rotatable bonds is 5. The number of non-ortho nitro benzene ring substituents is 1. The van der Waals surface area contributed by atoms with E-state index in [9.17, 15) is 19.7 Å². The van der Waals surface area contributed by atoms with Crippen molar-refractivity contribution in [3.8, 4) is 0 Å². The number of benzene rings is 2. The summed E-state index contributed by atoms with van der Waals surface area (Å²) in [5.74, 6) is -0.755. The van der Waals surface area contributed by atoms with Gasteiger partial charge in [0.1, 0.15) is 0 Å². The highest BCUT2D eigenvalue weighted by Gasteiger charge is 2.17. The fourth-order valence-electron chi connectivity index (χ4n) is 2.26. The van der Waals surface area contributed by atoms with Gasteiger partial charge in [-0.1, -0.05) is 17.7 Å². The summed E-state index contributed by atoms with van der Waals surface area (Å²) >= 11 is 1.24. The van der Waals surface area contributed by atoms with Gasteiger partial charge in [-0.3, -0.25) is 30.6 Å². The number of aryl methyl sites for hydroxylation is 2. The number of hydrogen-bond acceptors (Lipinski definition) is 5. The second kappa shape index (κ2) is 8.48. The van der Waals surface area contributed by atoms with Crippen LogP contribution in [-0.4, -0.2) is 22.0 Å². The van der Waals surface area contributed by atoms with Crippen molar-refractivity contribution < 1.29 is 14.5 Å². The molecule has 0 heterocycles. The van der Waals surface area contributed by atoms with E-state index in [4.69, 9.17) is 0 Å². The monoisotopic (exact) mass is 373 g/mol. The van der Waals surface area contributed by atoms with Gasteiger partial charge >= 0.3 is 0 Å². The number of nitrogens with one attached hydrogen (secondary N) is 2. The Kier molecular flexibility index (Phi) is 6.35. The number of nitro benzene ring substituents is 1. The molecule has 0 spiro atoms. The van der Waals surface area contributed by atoms with Crippen molar-refractivity contribution >= 4 is 29.3 Å². The van der Waals surface area contributed by atoms with Crippen LogP contribution in [0.2, 0.25) is 0 Å². The van der Waals surface area contributed by atoms with Crippen molar-refractivity contribution in [2.45, 2.75) is 30.9 Å². The Hall–Kier alpha value is -2.87. The minimum absolute atomic E-state index is 0.00724. The van der Waals surface area contributed by atoms with E-state index in [1.807, 2.05) is 26.0 Å². The summed E-state index contributed by atoms with van der Waals surface area (Å²) in [6, 6.07) is 11.4. The van der Waals surface area contributed by atoms with Gasteiger partial charge in [-0.05, 0) is 44.5 Å². The summed E-state index contributed by atoms with van der Waals surface area (Å²) in [7, 11) is 0. The third kappa shape index (κ3) is 5.06. The second-order valence-electron chi connectivity index (χ2n) is 5.77. The van der Waals surface area contributed by atoms with Gasteiger partial charge in [0.25, 0.3) is 17.5 Å². The smallest absolute Gasteiger partial charge is 0.269 e. The van der Waals surface area contributed by atoms with E-state index in [-0.39, 0.29) is 17.5 Å². The van der Waals surface area contributed by atoms with E-state index in [1.165, 1.54) is 23.9 Å². The van der Waals surface area contributed by atoms with Crippen molar-refractivity contribution in [3.05, 3.63) is 69.3 Å². The zero-order valence-electron chi connectivity index (χ0n) is 14.6. The minimum Gasteiger partial charge on any atom is -0.272 e. The van der Waals surface area contributed by atoms with E-state index in [2.05, 4.69) is 10.9 Å². The number of hydrogen-bond donors (Lipinski definition) is 2. The van der Waals surface area contributed by atoms with E-state index in [0.717, 1.165) is 16.0 Å². The molecule has 1 atom stereocenters. The van der Waals surface area contributed by atoms with Crippen molar-refractivity contribution in [1.29, 1.82) is 0 Å². The Bertz CT molecular complexity index is 837. The van der Waals surface area contributed by atoms with Crippen molar-refractivity contribution in [1.82, 2.24) is 10.9 Å². The standard InChI is InChI=1S/C18H19N3O4S/c1-11-4-9-16(12(2)10-11)18(23)20-19-17(22)13(3)26-15-7-5-14(6-8-15)21(24)25/h4-10,13H,1-3H3,(H,19,22)(H,20,23)/t13-/m0/s1. The lowest BCUT2D eigenvalue weighted by molar-refractivity contribution is -0.384. The topological polar surface area (TPSA) is 101 Å². The molecule has 0 radical (unpaired) electrons. The van der Waals surface area contributed by atoms with Crippen LogP contribution in [0.5, 0.6) is 0 Å². The van der Waals surface area contributed by atoms with Crippen LogP contribution in [0.3, 0.4) is 0 Å². The van der Waals surface area contributed by atoms with Crippen LogP contribution >= 0.6 is 11.8 Å². The van der Waals surface area contributed by atoms with Gasteiger partial charge < -0.3 is 0 Å². The molecular weight excluding hydrogens is 354 g/mol. The second-order valence-corrected chi connectivity index (χ2v) is 7.19. The Morgan fingerprint density at radius 3 is 2.31 bits per heavy atom. The Morgan fingerprint density at radius 2 is 1.73 bits per heavy atom. The van der Waals surface area contributed by atoms with Gasteiger partial charge in [-0.25, -0.2) is 0 Å². The summed E-state index contributed by atoms with van der Waals surface area (Å²) in [6.07, 6.45) is 0. The summed E-state index contributed by atoms with van der Waals surface area (Å²) < 4.78 is 0. The fraction of sp³-hybridized carbons (Fsp3) is 0.222.